The maximum atomic E-state index is 13.0. The van der Waals surface area contributed by atoms with Crippen LogP contribution in [0.15, 0.2) is 60.5 Å². The average Bonchev–Trinajstić information content (AvgIpc) is 3.22. The standard InChI is InChI=1S/C28H32N2O3S/c1-7-19-12-14-20(15-13-19)23-17-34-25(24(23)26(31)33-8-2)29-27(32)30-28(5,6)22-11-9-10-21(16-22)18(3)4/h9-17H,3,7-8H2,1-2,4-6H3,(H2,29,30,32). The molecule has 0 aliphatic heterocycles. The van der Waals surface area contributed by atoms with E-state index in [1.807, 2.05) is 74.7 Å². The number of thiophene rings is 1. The molecule has 0 aliphatic rings. The minimum atomic E-state index is -0.643. The number of urea groups is 1. The first-order valence-corrected chi connectivity index (χ1v) is 12.3. The van der Waals surface area contributed by atoms with Crippen molar-refractivity contribution in [3.8, 4) is 11.1 Å². The summed E-state index contributed by atoms with van der Waals surface area (Å²) < 4.78 is 5.31. The minimum Gasteiger partial charge on any atom is -0.462 e. The molecular formula is C28H32N2O3S. The number of rotatable bonds is 8. The Balaban J connectivity index is 1.87. The summed E-state index contributed by atoms with van der Waals surface area (Å²) in [5.74, 6) is -0.456. The van der Waals surface area contributed by atoms with Gasteiger partial charge in [0.05, 0.1) is 12.1 Å². The molecule has 5 nitrogen and oxygen atoms in total. The van der Waals surface area contributed by atoms with Gasteiger partial charge in [-0.1, -0.05) is 61.5 Å². The number of esters is 1. The van der Waals surface area contributed by atoms with Crippen LogP contribution in [0.25, 0.3) is 16.7 Å². The number of carbonyl (C=O) groups excluding carboxylic acids is 2. The van der Waals surface area contributed by atoms with Crippen molar-refractivity contribution in [3.05, 3.63) is 82.7 Å². The number of aryl methyl sites for hydroxylation is 1. The van der Waals surface area contributed by atoms with Gasteiger partial charge in [0, 0.05) is 10.9 Å². The molecule has 1 heterocycles. The van der Waals surface area contributed by atoms with Gasteiger partial charge in [-0.05, 0) is 62.4 Å². The SMILES string of the molecule is C=C(C)c1cccc(C(C)(C)NC(=O)Nc2scc(-c3ccc(CC)cc3)c2C(=O)OCC)c1. The molecule has 2 amide bonds. The molecule has 0 spiro atoms. The molecule has 0 radical (unpaired) electrons. The lowest BCUT2D eigenvalue weighted by atomic mass is 9.92. The zero-order chi connectivity index (χ0) is 24.9. The van der Waals surface area contributed by atoms with Gasteiger partial charge in [0.2, 0.25) is 0 Å². The third-order valence-corrected chi connectivity index (χ3v) is 6.57. The molecule has 6 heteroatoms. The lowest BCUT2D eigenvalue weighted by Crippen LogP contribution is -2.43. The number of amides is 2. The van der Waals surface area contributed by atoms with Crippen LogP contribution in [-0.4, -0.2) is 18.6 Å². The fraction of sp³-hybridized carbons (Fsp3) is 0.286. The first-order valence-electron chi connectivity index (χ1n) is 11.4. The van der Waals surface area contributed by atoms with E-state index in [1.165, 1.54) is 16.9 Å². The number of nitrogens with one attached hydrogen (secondary N) is 2. The molecule has 0 fully saturated rings. The first-order chi connectivity index (χ1) is 16.2. The molecule has 0 aliphatic carbocycles. The molecule has 3 aromatic rings. The lowest BCUT2D eigenvalue weighted by molar-refractivity contribution is 0.0529. The largest absolute Gasteiger partial charge is 0.462 e. The van der Waals surface area contributed by atoms with Crippen LogP contribution in [0.2, 0.25) is 0 Å². The van der Waals surface area contributed by atoms with Crippen molar-refractivity contribution in [1.82, 2.24) is 5.32 Å². The van der Waals surface area contributed by atoms with E-state index in [-0.39, 0.29) is 6.61 Å². The monoisotopic (exact) mass is 476 g/mol. The van der Waals surface area contributed by atoms with Crippen molar-refractivity contribution in [2.75, 3.05) is 11.9 Å². The van der Waals surface area contributed by atoms with Gasteiger partial charge in [-0.2, -0.15) is 0 Å². The zero-order valence-electron chi connectivity index (χ0n) is 20.5. The Morgan fingerprint density at radius 2 is 1.79 bits per heavy atom. The number of hydrogen-bond acceptors (Lipinski definition) is 4. The number of anilines is 1. The molecule has 0 atom stereocenters. The summed E-state index contributed by atoms with van der Waals surface area (Å²) in [5, 5.41) is 8.23. The van der Waals surface area contributed by atoms with E-state index in [0.29, 0.717) is 10.6 Å². The van der Waals surface area contributed by atoms with Gasteiger partial charge in [0.15, 0.2) is 0 Å². The molecular weight excluding hydrogens is 444 g/mol. The first kappa shape index (κ1) is 25.2. The summed E-state index contributed by atoms with van der Waals surface area (Å²) >= 11 is 1.31. The Labute approximate surface area is 205 Å². The Morgan fingerprint density at radius 1 is 1.09 bits per heavy atom. The van der Waals surface area contributed by atoms with Gasteiger partial charge in [-0.25, -0.2) is 9.59 Å². The van der Waals surface area contributed by atoms with Gasteiger partial charge < -0.3 is 10.1 Å². The van der Waals surface area contributed by atoms with Crippen molar-refractivity contribution < 1.29 is 14.3 Å². The van der Waals surface area contributed by atoms with Gasteiger partial charge in [0.1, 0.15) is 10.6 Å². The third-order valence-electron chi connectivity index (χ3n) is 5.67. The zero-order valence-corrected chi connectivity index (χ0v) is 21.3. The highest BCUT2D eigenvalue weighted by molar-refractivity contribution is 7.15. The second kappa shape index (κ2) is 10.7. The molecule has 178 valence electrons. The third kappa shape index (κ3) is 5.75. The molecule has 2 N–H and O–H groups in total. The number of allylic oxidation sites excluding steroid dienone is 1. The van der Waals surface area contributed by atoms with Crippen LogP contribution in [0.5, 0.6) is 0 Å². The van der Waals surface area contributed by atoms with E-state index in [4.69, 9.17) is 4.74 Å². The van der Waals surface area contributed by atoms with E-state index in [1.54, 1.807) is 6.92 Å². The van der Waals surface area contributed by atoms with Crippen LogP contribution in [0.1, 0.15) is 61.7 Å². The Hall–Kier alpha value is -3.38. The van der Waals surface area contributed by atoms with Gasteiger partial charge >= 0.3 is 12.0 Å². The van der Waals surface area contributed by atoms with Crippen molar-refractivity contribution in [1.29, 1.82) is 0 Å². The summed E-state index contributed by atoms with van der Waals surface area (Å²) in [5.41, 5.74) is 5.53. The summed E-state index contributed by atoms with van der Waals surface area (Å²) in [4.78, 5) is 25.8. The lowest BCUT2D eigenvalue weighted by Gasteiger charge is -2.27. The highest BCUT2D eigenvalue weighted by Gasteiger charge is 2.26. The highest BCUT2D eigenvalue weighted by atomic mass is 32.1. The molecule has 0 saturated carbocycles. The second-order valence-corrected chi connectivity index (χ2v) is 9.57. The van der Waals surface area contributed by atoms with Crippen LogP contribution >= 0.6 is 11.3 Å². The predicted octanol–water partition coefficient (Wildman–Crippen LogP) is 7.24. The molecule has 0 bridgehead atoms. The maximum absolute atomic E-state index is 13.0. The van der Waals surface area contributed by atoms with Crippen LogP contribution in [0.3, 0.4) is 0 Å². The fourth-order valence-corrected chi connectivity index (χ4v) is 4.60. The molecule has 2 aromatic carbocycles. The smallest absolute Gasteiger partial charge is 0.341 e. The Morgan fingerprint density at radius 3 is 2.41 bits per heavy atom. The summed E-state index contributed by atoms with van der Waals surface area (Å²) in [6, 6.07) is 15.6. The van der Waals surface area contributed by atoms with E-state index in [0.717, 1.165) is 34.2 Å². The summed E-state index contributed by atoms with van der Waals surface area (Å²) in [7, 11) is 0. The van der Waals surface area contributed by atoms with E-state index in [2.05, 4.69) is 24.1 Å². The minimum absolute atomic E-state index is 0.251. The van der Waals surface area contributed by atoms with Crippen molar-refractivity contribution in [2.45, 2.75) is 46.6 Å². The molecule has 0 unspecified atom stereocenters. The Kier molecular flexibility index (Phi) is 7.94. The van der Waals surface area contributed by atoms with Crippen LogP contribution in [0.4, 0.5) is 9.80 Å². The number of hydrogen-bond donors (Lipinski definition) is 2. The topological polar surface area (TPSA) is 67.4 Å². The van der Waals surface area contributed by atoms with Gasteiger partial charge in [-0.15, -0.1) is 11.3 Å². The predicted molar refractivity (Wildman–Crippen MR) is 141 cm³/mol. The summed E-state index contributed by atoms with van der Waals surface area (Å²) in [6.07, 6.45) is 0.937. The highest BCUT2D eigenvalue weighted by Crippen LogP contribution is 2.36. The van der Waals surface area contributed by atoms with Crippen LogP contribution < -0.4 is 10.6 Å². The van der Waals surface area contributed by atoms with Gasteiger partial charge in [0.25, 0.3) is 0 Å². The van der Waals surface area contributed by atoms with E-state index in [9.17, 15) is 9.59 Å². The van der Waals surface area contributed by atoms with Crippen molar-refractivity contribution in [3.63, 3.8) is 0 Å². The summed E-state index contributed by atoms with van der Waals surface area (Å²) in [6.45, 7) is 13.9. The number of carbonyl (C=O) groups is 2. The van der Waals surface area contributed by atoms with Crippen molar-refractivity contribution >= 4 is 33.9 Å². The number of benzene rings is 2. The van der Waals surface area contributed by atoms with E-state index < -0.39 is 17.5 Å². The van der Waals surface area contributed by atoms with Crippen molar-refractivity contribution in [2.24, 2.45) is 0 Å². The molecule has 34 heavy (non-hydrogen) atoms. The Bertz CT molecular complexity index is 1190. The maximum Gasteiger partial charge on any atom is 0.341 e. The van der Waals surface area contributed by atoms with E-state index >= 15 is 0 Å². The number of ether oxygens (including phenoxy) is 1. The van der Waals surface area contributed by atoms with Crippen LogP contribution in [-0.2, 0) is 16.7 Å². The van der Waals surface area contributed by atoms with Crippen LogP contribution in [0, 0.1) is 0 Å². The molecule has 1 aromatic heterocycles. The quantitative estimate of drug-likeness (QED) is 0.337. The fourth-order valence-electron chi connectivity index (χ4n) is 3.65. The second-order valence-electron chi connectivity index (χ2n) is 8.69. The normalized spacial score (nSPS) is 11.1. The molecule has 0 saturated heterocycles. The van der Waals surface area contributed by atoms with Gasteiger partial charge in [-0.3, -0.25) is 5.32 Å². The average molecular weight is 477 g/mol. The molecule has 3 rings (SSSR count).